The van der Waals surface area contributed by atoms with Gasteiger partial charge in [0.1, 0.15) is 0 Å². The van der Waals surface area contributed by atoms with Crippen LogP contribution in [-0.2, 0) is 0 Å². The van der Waals surface area contributed by atoms with Crippen LogP contribution >= 0.6 is 0 Å². The van der Waals surface area contributed by atoms with E-state index in [4.69, 9.17) is 0 Å². The zero-order valence-corrected chi connectivity index (χ0v) is 9.49. The van der Waals surface area contributed by atoms with Crippen LogP contribution in [0.1, 0.15) is 10.4 Å². The Morgan fingerprint density at radius 2 is 1.78 bits per heavy atom. The molecule has 0 amide bonds. The summed E-state index contributed by atoms with van der Waals surface area (Å²) < 4.78 is 0.308. The molecule has 0 atom stereocenters. The summed E-state index contributed by atoms with van der Waals surface area (Å²) in [6, 6.07) is 9.40. The van der Waals surface area contributed by atoms with Gasteiger partial charge in [0.15, 0.2) is 0 Å². The summed E-state index contributed by atoms with van der Waals surface area (Å²) in [6.45, 7) is 0. The Bertz CT molecular complexity index is 205. The third kappa shape index (κ3) is 1.68. The van der Waals surface area contributed by atoms with Crippen LogP contribution in [0.2, 0.25) is 0 Å². The fourth-order valence-electron chi connectivity index (χ4n) is 0.673. The molecule has 0 unspecified atom stereocenters. The van der Waals surface area contributed by atoms with Crippen LogP contribution in [0.25, 0.3) is 0 Å². The molecule has 1 rings (SSSR count). The zero-order valence-electron chi connectivity index (χ0n) is 5.29. The molecule has 0 fully saturated rings. The van der Waals surface area contributed by atoms with E-state index < -0.39 is 0 Å². The van der Waals surface area contributed by atoms with Gasteiger partial charge in [-0.1, -0.05) is 0 Å². The molecule has 0 aliphatic carbocycles. The number of hydrogen-bond donors (Lipinski definition) is 0. The van der Waals surface area contributed by atoms with E-state index in [-0.39, 0.29) is 16.5 Å². The molecular formula is C7H8GeO. The molecule has 0 saturated heterocycles. The molecule has 0 aromatic heterocycles. The minimum atomic E-state index is 0.286. The first-order chi connectivity index (χ1) is 4.30. The van der Waals surface area contributed by atoms with Crippen LogP contribution in [0.3, 0.4) is 0 Å². The van der Waals surface area contributed by atoms with Crippen molar-refractivity contribution in [3.8, 4) is 0 Å². The van der Waals surface area contributed by atoms with E-state index in [1.165, 1.54) is 0 Å². The molecule has 1 aromatic carbocycles. The van der Waals surface area contributed by atoms with Crippen LogP contribution in [0.5, 0.6) is 0 Å². The zero-order chi connectivity index (χ0) is 6.69. The second kappa shape index (κ2) is 2.83. The van der Waals surface area contributed by atoms with Crippen molar-refractivity contribution in [1.82, 2.24) is 0 Å². The predicted octanol–water partition coefficient (Wildman–Crippen LogP) is 0.192. The quantitative estimate of drug-likeness (QED) is 0.565. The number of rotatable bonds is 1. The van der Waals surface area contributed by atoms with Gasteiger partial charge in [-0.3, -0.25) is 0 Å². The van der Waals surface area contributed by atoms with Crippen LogP contribution in [-0.4, -0.2) is 21.1 Å². The number of benzene rings is 1. The van der Waals surface area contributed by atoms with Crippen molar-refractivity contribution < 1.29 is 4.79 Å². The third-order valence-electron chi connectivity index (χ3n) is 1.18. The Labute approximate surface area is 62.3 Å². The predicted molar refractivity (Wildman–Crippen MR) is 40.7 cm³/mol. The van der Waals surface area contributed by atoms with E-state index in [2.05, 4.69) is 0 Å². The molecule has 0 bridgehead atoms. The van der Waals surface area contributed by atoms with E-state index in [0.717, 1.165) is 5.56 Å². The molecule has 0 spiro atoms. The molecule has 1 aromatic rings. The van der Waals surface area contributed by atoms with Crippen LogP contribution in [0.4, 0.5) is 0 Å². The van der Waals surface area contributed by atoms with Gasteiger partial charge in [-0.2, -0.15) is 0 Å². The second-order valence-corrected chi connectivity index (χ2v) is 3.83. The number of carbonyl (C=O) groups is 1. The van der Waals surface area contributed by atoms with Crippen molar-refractivity contribution in [1.29, 1.82) is 0 Å². The van der Waals surface area contributed by atoms with E-state index in [0.29, 0.717) is 4.62 Å². The first-order valence-electron chi connectivity index (χ1n) is 2.86. The van der Waals surface area contributed by atoms with E-state index >= 15 is 0 Å². The van der Waals surface area contributed by atoms with Crippen LogP contribution in [0.15, 0.2) is 30.3 Å². The average Bonchev–Trinajstić information content (AvgIpc) is 1.90. The first-order valence-corrected chi connectivity index (χ1v) is 4.96. The van der Waals surface area contributed by atoms with Gasteiger partial charge in [-0.25, -0.2) is 0 Å². The topological polar surface area (TPSA) is 17.1 Å². The summed E-state index contributed by atoms with van der Waals surface area (Å²) in [5, 5.41) is 0. The van der Waals surface area contributed by atoms with Crippen LogP contribution < -0.4 is 0 Å². The molecule has 0 aliphatic heterocycles. The molecule has 46 valence electrons. The normalized spacial score (nSPS) is 9.33. The monoisotopic (exact) mass is 182 g/mol. The SMILES string of the molecule is O=[C]([GeH3])c1ccccc1. The van der Waals surface area contributed by atoms with Crippen molar-refractivity contribution >= 4 is 21.1 Å². The van der Waals surface area contributed by atoms with Crippen molar-refractivity contribution in [2.75, 3.05) is 0 Å². The number of carbonyl (C=O) groups excluding carboxylic acids is 1. The van der Waals surface area contributed by atoms with Gasteiger partial charge >= 0.3 is 61.8 Å². The van der Waals surface area contributed by atoms with Gasteiger partial charge in [0.25, 0.3) is 0 Å². The minimum absolute atomic E-state index is 0.286. The average molecular weight is 181 g/mol. The molecule has 9 heavy (non-hydrogen) atoms. The Morgan fingerprint density at radius 1 is 1.22 bits per heavy atom. The Balaban J connectivity index is 2.98. The van der Waals surface area contributed by atoms with Gasteiger partial charge < -0.3 is 0 Å². The molecule has 0 radical (unpaired) electrons. The van der Waals surface area contributed by atoms with Crippen molar-refractivity contribution in [3.63, 3.8) is 0 Å². The van der Waals surface area contributed by atoms with Crippen LogP contribution in [0, 0.1) is 0 Å². The molecule has 0 heterocycles. The Hall–Kier alpha value is -0.567. The van der Waals surface area contributed by atoms with Crippen molar-refractivity contribution in [2.45, 2.75) is 0 Å². The maximum atomic E-state index is 10.7. The fourth-order valence-corrected chi connectivity index (χ4v) is 1.37. The maximum absolute atomic E-state index is 10.7. The van der Waals surface area contributed by atoms with Gasteiger partial charge in [0.2, 0.25) is 0 Å². The Morgan fingerprint density at radius 3 is 2.11 bits per heavy atom. The summed E-state index contributed by atoms with van der Waals surface area (Å²) in [6.07, 6.45) is 0. The Kier molecular flexibility index (Phi) is 2.06. The van der Waals surface area contributed by atoms with Gasteiger partial charge in [0, 0.05) is 0 Å². The summed E-state index contributed by atoms with van der Waals surface area (Å²) in [5.41, 5.74) is 0.859. The molecule has 0 saturated carbocycles. The second-order valence-electron chi connectivity index (χ2n) is 1.92. The molecule has 0 N–H and O–H groups in total. The van der Waals surface area contributed by atoms with Crippen molar-refractivity contribution in [2.24, 2.45) is 0 Å². The van der Waals surface area contributed by atoms with E-state index in [1.54, 1.807) is 0 Å². The first kappa shape index (κ1) is 6.55. The molecule has 0 aliphatic rings. The van der Waals surface area contributed by atoms with Gasteiger partial charge in [0.05, 0.1) is 0 Å². The van der Waals surface area contributed by atoms with E-state index in [1.807, 2.05) is 30.3 Å². The third-order valence-corrected chi connectivity index (χ3v) is 2.39. The molecule has 2 heteroatoms. The molecule has 1 nitrogen and oxygen atoms in total. The molecular weight excluding hydrogens is 173 g/mol. The standard InChI is InChI=1S/C7H8GeO/c8-7(9)6-4-2-1-3-5-6/h1-5H,8H3. The van der Waals surface area contributed by atoms with E-state index in [9.17, 15) is 4.79 Å². The summed E-state index contributed by atoms with van der Waals surface area (Å²) in [7, 11) is 0. The fraction of sp³-hybridized carbons (Fsp3) is 0. The summed E-state index contributed by atoms with van der Waals surface area (Å²) >= 11 is 0.286. The van der Waals surface area contributed by atoms with Gasteiger partial charge in [-0.05, 0) is 0 Å². The van der Waals surface area contributed by atoms with Crippen molar-refractivity contribution in [3.05, 3.63) is 35.9 Å². The van der Waals surface area contributed by atoms with Gasteiger partial charge in [-0.15, -0.1) is 0 Å². The summed E-state index contributed by atoms with van der Waals surface area (Å²) in [5.74, 6) is 0. The number of hydrogen-bond acceptors (Lipinski definition) is 1. The summed E-state index contributed by atoms with van der Waals surface area (Å²) in [4.78, 5) is 10.7.